The number of halogens is 3. The standard InChI is InChI=1S/C13H14ClF2N3O/c1-8-11(12(14)19(2)18-8)7-17-9-3-5-10(6-4-9)20-13(15)16/h3-6,13,17H,7H2,1-2H3. The van der Waals surface area contributed by atoms with E-state index < -0.39 is 6.61 Å². The number of alkyl halides is 2. The summed E-state index contributed by atoms with van der Waals surface area (Å²) in [5, 5.41) is 7.94. The average Bonchev–Trinajstić information content (AvgIpc) is 2.62. The van der Waals surface area contributed by atoms with Gasteiger partial charge in [0.15, 0.2) is 0 Å². The maximum Gasteiger partial charge on any atom is 0.387 e. The Kier molecular flexibility index (Phi) is 4.44. The molecule has 7 heteroatoms. The normalized spacial score (nSPS) is 10.9. The molecule has 0 saturated heterocycles. The molecule has 0 aliphatic rings. The predicted octanol–water partition coefficient (Wildman–Crippen LogP) is 3.60. The zero-order chi connectivity index (χ0) is 14.7. The van der Waals surface area contributed by atoms with Gasteiger partial charge >= 0.3 is 6.61 Å². The van der Waals surface area contributed by atoms with Crippen molar-refractivity contribution in [2.75, 3.05) is 5.32 Å². The zero-order valence-electron chi connectivity index (χ0n) is 11.0. The first-order valence-corrected chi connectivity index (χ1v) is 6.32. The number of aryl methyl sites for hydroxylation is 2. The molecule has 0 fully saturated rings. The van der Waals surface area contributed by atoms with E-state index in [1.807, 2.05) is 6.92 Å². The molecule has 2 aromatic rings. The molecule has 1 aromatic heterocycles. The van der Waals surface area contributed by atoms with Crippen LogP contribution in [-0.4, -0.2) is 16.4 Å². The lowest BCUT2D eigenvalue weighted by Crippen LogP contribution is -2.03. The molecule has 20 heavy (non-hydrogen) atoms. The molecule has 0 atom stereocenters. The summed E-state index contributed by atoms with van der Waals surface area (Å²) in [7, 11) is 1.77. The molecule has 1 N–H and O–H groups in total. The number of ether oxygens (including phenoxy) is 1. The molecule has 0 spiro atoms. The van der Waals surface area contributed by atoms with Crippen molar-refractivity contribution in [1.82, 2.24) is 9.78 Å². The van der Waals surface area contributed by atoms with Gasteiger partial charge in [0.2, 0.25) is 0 Å². The first-order valence-electron chi connectivity index (χ1n) is 5.94. The van der Waals surface area contributed by atoms with Crippen molar-refractivity contribution in [3.8, 4) is 5.75 Å². The quantitative estimate of drug-likeness (QED) is 0.917. The fourth-order valence-electron chi connectivity index (χ4n) is 1.82. The lowest BCUT2D eigenvalue weighted by molar-refractivity contribution is -0.0498. The van der Waals surface area contributed by atoms with E-state index in [-0.39, 0.29) is 5.75 Å². The summed E-state index contributed by atoms with van der Waals surface area (Å²) in [5.41, 5.74) is 2.54. The fraction of sp³-hybridized carbons (Fsp3) is 0.308. The highest BCUT2D eigenvalue weighted by Crippen LogP contribution is 2.22. The molecular formula is C13H14ClF2N3O. The highest BCUT2D eigenvalue weighted by atomic mass is 35.5. The lowest BCUT2D eigenvalue weighted by Gasteiger charge is -2.08. The van der Waals surface area contributed by atoms with Crippen LogP contribution in [-0.2, 0) is 13.6 Å². The van der Waals surface area contributed by atoms with E-state index in [0.29, 0.717) is 11.7 Å². The number of nitrogens with zero attached hydrogens (tertiary/aromatic N) is 2. The van der Waals surface area contributed by atoms with E-state index in [4.69, 9.17) is 11.6 Å². The molecule has 0 radical (unpaired) electrons. The highest BCUT2D eigenvalue weighted by molar-refractivity contribution is 6.30. The molecular weight excluding hydrogens is 288 g/mol. The smallest absolute Gasteiger partial charge is 0.387 e. The van der Waals surface area contributed by atoms with Crippen LogP contribution in [0, 0.1) is 6.92 Å². The van der Waals surface area contributed by atoms with Crippen LogP contribution in [0.5, 0.6) is 5.75 Å². The number of aromatic nitrogens is 2. The van der Waals surface area contributed by atoms with Crippen LogP contribution in [0.2, 0.25) is 5.15 Å². The summed E-state index contributed by atoms with van der Waals surface area (Å²) < 4.78 is 29.9. The Morgan fingerprint density at radius 2 is 2.00 bits per heavy atom. The Labute approximate surface area is 120 Å². The van der Waals surface area contributed by atoms with Gasteiger partial charge in [-0.2, -0.15) is 13.9 Å². The predicted molar refractivity (Wildman–Crippen MR) is 73.4 cm³/mol. The second-order valence-corrected chi connectivity index (χ2v) is 4.59. The minimum atomic E-state index is -2.81. The van der Waals surface area contributed by atoms with Gasteiger partial charge in [-0.1, -0.05) is 11.6 Å². The first kappa shape index (κ1) is 14.6. The Balaban J connectivity index is 2.00. The third-order valence-electron chi connectivity index (χ3n) is 2.82. The summed E-state index contributed by atoms with van der Waals surface area (Å²) in [6, 6.07) is 6.28. The van der Waals surface area contributed by atoms with Crippen molar-refractivity contribution in [3.05, 3.63) is 40.7 Å². The van der Waals surface area contributed by atoms with E-state index in [1.54, 1.807) is 23.9 Å². The van der Waals surface area contributed by atoms with E-state index >= 15 is 0 Å². The maximum absolute atomic E-state index is 12.0. The number of hydrogen-bond donors (Lipinski definition) is 1. The molecule has 1 aromatic carbocycles. The van der Waals surface area contributed by atoms with Crippen molar-refractivity contribution < 1.29 is 13.5 Å². The molecule has 0 amide bonds. The van der Waals surface area contributed by atoms with Crippen LogP contribution in [0.1, 0.15) is 11.3 Å². The maximum atomic E-state index is 12.0. The SMILES string of the molecule is Cc1nn(C)c(Cl)c1CNc1ccc(OC(F)F)cc1. The second kappa shape index (κ2) is 6.09. The number of benzene rings is 1. The van der Waals surface area contributed by atoms with Crippen LogP contribution < -0.4 is 10.1 Å². The summed E-state index contributed by atoms with van der Waals surface area (Å²) >= 11 is 6.12. The van der Waals surface area contributed by atoms with Gasteiger partial charge in [0.1, 0.15) is 10.9 Å². The lowest BCUT2D eigenvalue weighted by atomic mass is 10.2. The molecule has 0 saturated carbocycles. The van der Waals surface area contributed by atoms with Gasteiger partial charge in [0.05, 0.1) is 5.69 Å². The van der Waals surface area contributed by atoms with Gasteiger partial charge in [-0.3, -0.25) is 4.68 Å². The Hall–Kier alpha value is -1.82. The van der Waals surface area contributed by atoms with Gasteiger partial charge in [0, 0.05) is 24.8 Å². The summed E-state index contributed by atoms with van der Waals surface area (Å²) in [4.78, 5) is 0. The Bertz CT molecular complexity index is 584. The van der Waals surface area contributed by atoms with E-state index in [1.165, 1.54) is 12.1 Å². The molecule has 1 heterocycles. The first-order chi connectivity index (χ1) is 9.47. The monoisotopic (exact) mass is 301 g/mol. The minimum absolute atomic E-state index is 0.126. The molecule has 108 valence electrons. The summed E-state index contributed by atoms with van der Waals surface area (Å²) in [6.07, 6.45) is 0. The number of anilines is 1. The molecule has 0 aliphatic heterocycles. The van der Waals surface area contributed by atoms with Crippen LogP contribution in [0.25, 0.3) is 0 Å². The third-order valence-corrected chi connectivity index (χ3v) is 3.29. The Morgan fingerprint density at radius 3 is 2.50 bits per heavy atom. The van der Waals surface area contributed by atoms with Gasteiger partial charge in [-0.05, 0) is 31.2 Å². The van der Waals surface area contributed by atoms with Crippen LogP contribution in [0.15, 0.2) is 24.3 Å². The molecule has 0 aliphatic carbocycles. The van der Waals surface area contributed by atoms with Crippen molar-refractivity contribution in [3.63, 3.8) is 0 Å². The highest BCUT2D eigenvalue weighted by Gasteiger charge is 2.10. The van der Waals surface area contributed by atoms with Crippen molar-refractivity contribution in [2.24, 2.45) is 7.05 Å². The zero-order valence-corrected chi connectivity index (χ0v) is 11.8. The topological polar surface area (TPSA) is 39.1 Å². The Morgan fingerprint density at radius 1 is 1.35 bits per heavy atom. The van der Waals surface area contributed by atoms with Gasteiger partial charge in [0.25, 0.3) is 0 Å². The molecule has 2 rings (SSSR count). The van der Waals surface area contributed by atoms with Crippen molar-refractivity contribution in [2.45, 2.75) is 20.1 Å². The second-order valence-electron chi connectivity index (χ2n) is 4.23. The van der Waals surface area contributed by atoms with Crippen molar-refractivity contribution in [1.29, 1.82) is 0 Å². The molecule has 0 bridgehead atoms. The van der Waals surface area contributed by atoms with Gasteiger partial charge in [-0.15, -0.1) is 0 Å². The number of rotatable bonds is 5. The summed E-state index contributed by atoms with van der Waals surface area (Å²) in [6.45, 7) is -0.429. The average molecular weight is 302 g/mol. The molecule has 4 nitrogen and oxygen atoms in total. The third kappa shape index (κ3) is 3.39. The number of hydrogen-bond acceptors (Lipinski definition) is 3. The fourth-order valence-corrected chi connectivity index (χ4v) is 2.06. The van der Waals surface area contributed by atoms with Crippen LogP contribution >= 0.6 is 11.6 Å². The van der Waals surface area contributed by atoms with Gasteiger partial charge in [-0.25, -0.2) is 0 Å². The van der Waals surface area contributed by atoms with E-state index in [9.17, 15) is 8.78 Å². The minimum Gasteiger partial charge on any atom is -0.435 e. The van der Waals surface area contributed by atoms with E-state index in [0.717, 1.165) is 16.9 Å². The van der Waals surface area contributed by atoms with Crippen molar-refractivity contribution >= 4 is 17.3 Å². The molecule has 0 unspecified atom stereocenters. The largest absolute Gasteiger partial charge is 0.435 e. The van der Waals surface area contributed by atoms with E-state index in [2.05, 4.69) is 15.2 Å². The van der Waals surface area contributed by atoms with Crippen LogP contribution in [0.3, 0.4) is 0 Å². The van der Waals surface area contributed by atoms with Gasteiger partial charge < -0.3 is 10.1 Å². The summed E-state index contributed by atoms with van der Waals surface area (Å²) in [5.74, 6) is 0.126. The number of nitrogens with one attached hydrogen (secondary N) is 1. The van der Waals surface area contributed by atoms with Crippen LogP contribution in [0.4, 0.5) is 14.5 Å².